The molecule has 0 aromatic heterocycles. The van der Waals surface area contributed by atoms with E-state index in [1.165, 1.54) is 0 Å². The van der Waals surface area contributed by atoms with Crippen molar-refractivity contribution in [2.75, 3.05) is 0 Å². The van der Waals surface area contributed by atoms with Gasteiger partial charge in [0.1, 0.15) is 6.04 Å². The molecule has 3 N–H and O–H groups in total. The molecule has 0 radical (unpaired) electrons. The number of aryl methyl sites for hydroxylation is 1. The third-order valence-corrected chi connectivity index (χ3v) is 4.48. The second-order valence-electron chi connectivity index (χ2n) is 6.51. The lowest BCUT2D eigenvalue weighted by Crippen LogP contribution is -2.54. The van der Waals surface area contributed by atoms with Gasteiger partial charge in [0, 0.05) is 15.6 Å². The number of hydrogen-bond donors (Lipinski definition) is 3. The first-order valence-electron chi connectivity index (χ1n) is 8.51. The molecule has 0 aliphatic heterocycles. The first kappa shape index (κ1) is 20.6. The van der Waals surface area contributed by atoms with E-state index in [0.717, 1.165) is 10.0 Å². The molecule has 6 nitrogen and oxygen atoms in total. The van der Waals surface area contributed by atoms with Crippen molar-refractivity contribution in [3.05, 3.63) is 69.7 Å². The molecule has 2 aromatic carbocycles. The Morgan fingerprint density at radius 3 is 1.89 bits per heavy atom. The van der Waals surface area contributed by atoms with Crippen LogP contribution < -0.4 is 16.2 Å². The van der Waals surface area contributed by atoms with Crippen LogP contribution in [-0.2, 0) is 4.79 Å². The normalized spacial score (nSPS) is 11.6. The molecule has 0 bridgehead atoms. The van der Waals surface area contributed by atoms with Gasteiger partial charge >= 0.3 is 0 Å². The first-order valence-corrected chi connectivity index (χ1v) is 9.30. The van der Waals surface area contributed by atoms with Crippen molar-refractivity contribution in [3.63, 3.8) is 0 Å². The van der Waals surface area contributed by atoms with Crippen LogP contribution >= 0.6 is 15.9 Å². The number of halogens is 1. The van der Waals surface area contributed by atoms with Gasteiger partial charge in [-0.1, -0.05) is 47.5 Å². The van der Waals surface area contributed by atoms with Crippen LogP contribution in [0.3, 0.4) is 0 Å². The fourth-order valence-electron chi connectivity index (χ4n) is 2.33. The summed E-state index contributed by atoms with van der Waals surface area (Å²) in [5.74, 6) is -1.44. The Morgan fingerprint density at radius 1 is 0.815 bits per heavy atom. The van der Waals surface area contributed by atoms with Gasteiger partial charge < -0.3 is 5.32 Å². The number of carbonyl (C=O) groups is 3. The SMILES string of the molecule is Cc1ccc(C(=O)NC(C(=O)NNC(=O)c2ccc(Br)cc2)C(C)C)cc1. The van der Waals surface area contributed by atoms with Crippen molar-refractivity contribution in [2.24, 2.45) is 5.92 Å². The maximum atomic E-state index is 12.4. The molecule has 142 valence electrons. The van der Waals surface area contributed by atoms with Crippen molar-refractivity contribution in [2.45, 2.75) is 26.8 Å². The van der Waals surface area contributed by atoms with Gasteiger partial charge in [0.15, 0.2) is 0 Å². The summed E-state index contributed by atoms with van der Waals surface area (Å²) in [6.07, 6.45) is 0. The van der Waals surface area contributed by atoms with Crippen molar-refractivity contribution >= 4 is 33.7 Å². The Kier molecular flexibility index (Phi) is 7.12. The van der Waals surface area contributed by atoms with E-state index in [-0.39, 0.29) is 11.8 Å². The predicted molar refractivity (Wildman–Crippen MR) is 107 cm³/mol. The monoisotopic (exact) mass is 431 g/mol. The van der Waals surface area contributed by atoms with Gasteiger partial charge in [-0.2, -0.15) is 0 Å². The predicted octanol–water partition coefficient (Wildman–Crippen LogP) is 2.97. The Hall–Kier alpha value is -2.67. The summed E-state index contributed by atoms with van der Waals surface area (Å²) in [5, 5.41) is 2.71. The van der Waals surface area contributed by atoms with E-state index in [1.807, 2.05) is 32.9 Å². The number of rotatable bonds is 5. The zero-order valence-corrected chi connectivity index (χ0v) is 17.0. The molecule has 1 unspecified atom stereocenters. The average molecular weight is 432 g/mol. The van der Waals surface area contributed by atoms with E-state index in [2.05, 4.69) is 32.1 Å². The highest BCUT2D eigenvalue weighted by Gasteiger charge is 2.25. The van der Waals surface area contributed by atoms with Gasteiger partial charge in [0.25, 0.3) is 17.7 Å². The molecule has 7 heteroatoms. The van der Waals surface area contributed by atoms with Gasteiger partial charge in [-0.25, -0.2) is 0 Å². The number of carbonyl (C=O) groups excluding carboxylic acids is 3. The Labute approximate surface area is 166 Å². The van der Waals surface area contributed by atoms with Crippen molar-refractivity contribution in [1.82, 2.24) is 16.2 Å². The minimum Gasteiger partial charge on any atom is -0.340 e. The van der Waals surface area contributed by atoms with Crippen LogP contribution in [-0.4, -0.2) is 23.8 Å². The number of nitrogens with one attached hydrogen (secondary N) is 3. The molecule has 0 saturated carbocycles. The fourth-order valence-corrected chi connectivity index (χ4v) is 2.60. The van der Waals surface area contributed by atoms with Gasteiger partial charge in [-0.05, 0) is 49.2 Å². The first-order chi connectivity index (χ1) is 12.8. The molecule has 1 atom stereocenters. The lowest BCUT2D eigenvalue weighted by atomic mass is 10.0. The van der Waals surface area contributed by atoms with Crippen LogP contribution in [0.1, 0.15) is 40.1 Å². The second kappa shape index (κ2) is 9.32. The third kappa shape index (κ3) is 5.92. The van der Waals surface area contributed by atoms with Gasteiger partial charge in [0.2, 0.25) is 0 Å². The molecular weight excluding hydrogens is 410 g/mol. The summed E-state index contributed by atoms with van der Waals surface area (Å²) in [6, 6.07) is 13.0. The highest BCUT2D eigenvalue weighted by atomic mass is 79.9. The molecule has 0 aliphatic carbocycles. The topological polar surface area (TPSA) is 87.3 Å². The molecule has 0 heterocycles. The maximum absolute atomic E-state index is 12.4. The number of amides is 3. The summed E-state index contributed by atoms with van der Waals surface area (Å²) in [6.45, 7) is 5.56. The van der Waals surface area contributed by atoms with Crippen LogP contribution in [0.4, 0.5) is 0 Å². The van der Waals surface area contributed by atoms with Crippen LogP contribution in [0.2, 0.25) is 0 Å². The standard InChI is InChI=1S/C20H22BrN3O3/c1-12(2)17(22-18(25)14-6-4-13(3)5-7-14)20(27)24-23-19(26)15-8-10-16(21)11-9-15/h4-12,17H,1-3H3,(H,22,25)(H,23,26)(H,24,27). The molecule has 27 heavy (non-hydrogen) atoms. The molecule has 0 saturated heterocycles. The zero-order valence-electron chi connectivity index (χ0n) is 15.4. The van der Waals surface area contributed by atoms with E-state index in [0.29, 0.717) is 11.1 Å². The Bertz CT molecular complexity index is 817. The van der Waals surface area contributed by atoms with Crippen LogP contribution in [0, 0.1) is 12.8 Å². The average Bonchev–Trinajstić information content (AvgIpc) is 2.64. The van der Waals surface area contributed by atoms with E-state index >= 15 is 0 Å². The highest BCUT2D eigenvalue weighted by molar-refractivity contribution is 9.10. The van der Waals surface area contributed by atoms with Crippen LogP contribution in [0.5, 0.6) is 0 Å². The summed E-state index contributed by atoms with van der Waals surface area (Å²) < 4.78 is 0.849. The zero-order chi connectivity index (χ0) is 20.0. The quantitative estimate of drug-likeness (QED) is 0.635. The van der Waals surface area contributed by atoms with Crippen molar-refractivity contribution < 1.29 is 14.4 Å². The molecule has 3 amide bonds. The Morgan fingerprint density at radius 2 is 1.33 bits per heavy atom. The summed E-state index contributed by atoms with van der Waals surface area (Å²) in [7, 11) is 0. The Balaban J connectivity index is 1.97. The second-order valence-corrected chi connectivity index (χ2v) is 7.43. The molecule has 0 aliphatic rings. The minimum absolute atomic E-state index is 0.163. The van der Waals surface area contributed by atoms with Gasteiger partial charge in [0.05, 0.1) is 0 Å². The van der Waals surface area contributed by atoms with E-state index in [4.69, 9.17) is 0 Å². The number of hydrogen-bond acceptors (Lipinski definition) is 3. The van der Waals surface area contributed by atoms with E-state index in [9.17, 15) is 14.4 Å². The van der Waals surface area contributed by atoms with Crippen molar-refractivity contribution in [3.8, 4) is 0 Å². The molecule has 2 rings (SSSR count). The van der Waals surface area contributed by atoms with E-state index < -0.39 is 17.9 Å². The molecular formula is C20H22BrN3O3. The molecule has 0 fully saturated rings. The maximum Gasteiger partial charge on any atom is 0.269 e. The summed E-state index contributed by atoms with van der Waals surface area (Å²) in [4.78, 5) is 36.9. The fraction of sp³-hybridized carbons (Fsp3) is 0.250. The van der Waals surface area contributed by atoms with Gasteiger partial charge in [-0.15, -0.1) is 0 Å². The van der Waals surface area contributed by atoms with E-state index in [1.54, 1.807) is 36.4 Å². The summed E-state index contributed by atoms with van der Waals surface area (Å²) in [5.41, 5.74) is 6.67. The molecule has 0 spiro atoms. The lowest BCUT2D eigenvalue weighted by molar-refractivity contribution is -0.124. The van der Waals surface area contributed by atoms with Crippen molar-refractivity contribution in [1.29, 1.82) is 0 Å². The van der Waals surface area contributed by atoms with Crippen LogP contribution in [0.15, 0.2) is 53.0 Å². The minimum atomic E-state index is -0.788. The lowest BCUT2D eigenvalue weighted by Gasteiger charge is -2.22. The largest absolute Gasteiger partial charge is 0.340 e. The van der Waals surface area contributed by atoms with Crippen LogP contribution in [0.25, 0.3) is 0 Å². The summed E-state index contributed by atoms with van der Waals surface area (Å²) >= 11 is 3.30. The molecule has 2 aromatic rings. The third-order valence-electron chi connectivity index (χ3n) is 3.96. The number of benzene rings is 2. The smallest absolute Gasteiger partial charge is 0.269 e. The number of hydrazine groups is 1. The van der Waals surface area contributed by atoms with Gasteiger partial charge in [-0.3, -0.25) is 25.2 Å². The highest BCUT2D eigenvalue weighted by Crippen LogP contribution is 2.10.